The fourth-order valence-corrected chi connectivity index (χ4v) is 3.77. The van der Waals surface area contributed by atoms with Gasteiger partial charge in [0.25, 0.3) is 5.56 Å². The van der Waals surface area contributed by atoms with E-state index in [1.807, 2.05) is 18.2 Å². The van der Waals surface area contributed by atoms with Gasteiger partial charge >= 0.3 is 0 Å². The van der Waals surface area contributed by atoms with Gasteiger partial charge in [-0.3, -0.25) is 14.6 Å². The number of rotatable bonds is 4. The lowest BCUT2D eigenvalue weighted by molar-refractivity contribution is -0.121. The van der Waals surface area contributed by atoms with E-state index in [2.05, 4.69) is 32.4 Å². The molecule has 2 N–H and O–H groups in total. The third-order valence-corrected chi connectivity index (χ3v) is 5.20. The van der Waals surface area contributed by atoms with Crippen LogP contribution in [-0.2, 0) is 17.6 Å². The first-order chi connectivity index (χ1) is 13.6. The Morgan fingerprint density at radius 1 is 1.25 bits per heavy atom. The minimum absolute atomic E-state index is 0.000497. The Morgan fingerprint density at radius 2 is 2.11 bits per heavy atom. The summed E-state index contributed by atoms with van der Waals surface area (Å²) in [5, 5.41) is 3.09. The Hall–Kier alpha value is -3.28. The Bertz CT molecular complexity index is 1060. The molecule has 2 aromatic heterocycles. The van der Waals surface area contributed by atoms with Gasteiger partial charge in [0.1, 0.15) is 5.82 Å². The number of pyridine rings is 1. The van der Waals surface area contributed by atoms with Gasteiger partial charge in [0.05, 0.1) is 12.5 Å². The van der Waals surface area contributed by atoms with Gasteiger partial charge < -0.3 is 10.3 Å². The van der Waals surface area contributed by atoms with Crippen LogP contribution in [0.15, 0.2) is 53.6 Å². The van der Waals surface area contributed by atoms with Crippen LogP contribution >= 0.6 is 0 Å². The van der Waals surface area contributed by atoms with Crippen molar-refractivity contribution in [3.8, 4) is 11.4 Å². The number of amides is 1. The van der Waals surface area contributed by atoms with Gasteiger partial charge in [-0.2, -0.15) is 0 Å². The van der Waals surface area contributed by atoms with Crippen LogP contribution in [-0.4, -0.2) is 20.9 Å². The number of nitrogens with one attached hydrogen (secondary N) is 2. The summed E-state index contributed by atoms with van der Waals surface area (Å²) in [7, 11) is 0. The molecule has 0 radical (unpaired) electrons. The molecule has 2 heterocycles. The number of hydrogen-bond donors (Lipinski definition) is 2. The summed E-state index contributed by atoms with van der Waals surface area (Å²) in [4.78, 5) is 36.5. The number of aromatic amines is 1. The molecule has 6 nitrogen and oxygen atoms in total. The number of carbonyl (C=O) groups is 1. The summed E-state index contributed by atoms with van der Waals surface area (Å²) in [6.45, 7) is 1.76. The molecule has 142 valence electrons. The van der Waals surface area contributed by atoms with Crippen LogP contribution in [0.25, 0.3) is 11.4 Å². The summed E-state index contributed by atoms with van der Waals surface area (Å²) in [5.41, 5.74) is 3.87. The number of carbonyl (C=O) groups excluding carboxylic acids is 1. The first-order valence-corrected chi connectivity index (χ1v) is 9.49. The van der Waals surface area contributed by atoms with Crippen molar-refractivity contribution in [3.05, 3.63) is 81.5 Å². The predicted molar refractivity (Wildman–Crippen MR) is 107 cm³/mol. The highest BCUT2D eigenvalue weighted by atomic mass is 16.2. The molecule has 0 spiro atoms. The van der Waals surface area contributed by atoms with Gasteiger partial charge in [0.15, 0.2) is 0 Å². The standard InChI is InChI=1S/C22H22N4O2/c1-14-18(22(28)26-21(24-14)16-8-5-11-23-13-16)12-20(27)25-19-10-4-7-15-6-2-3-9-17(15)19/h2-3,5-6,8-9,11,13,19H,4,7,10,12H2,1H3,(H,25,27)(H,24,26,28). The number of benzene rings is 1. The van der Waals surface area contributed by atoms with E-state index in [9.17, 15) is 9.59 Å². The molecule has 6 heteroatoms. The van der Waals surface area contributed by atoms with E-state index in [-0.39, 0.29) is 23.9 Å². The second-order valence-corrected chi connectivity index (χ2v) is 7.11. The fraction of sp³-hybridized carbons (Fsp3) is 0.273. The molecule has 1 aromatic carbocycles. The van der Waals surface area contributed by atoms with Gasteiger partial charge in [-0.1, -0.05) is 24.3 Å². The van der Waals surface area contributed by atoms with Crippen molar-refractivity contribution in [3.63, 3.8) is 0 Å². The second kappa shape index (κ2) is 7.76. The number of aromatic nitrogens is 3. The van der Waals surface area contributed by atoms with Crippen molar-refractivity contribution in [1.82, 2.24) is 20.3 Å². The summed E-state index contributed by atoms with van der Waals surface area (Å²) < 4.78 is 0. The van der Waals surface area contributed by atoms with Crippen LogP contribution < -0.4 is 10.9 Å². The third kappa shape index (κ3) is 3.71. The van der Waals surface area contributed by atoms with E-state index in [4.69, 9.17) is 0 Å². The lowest BCUT2D eigenvalue weighted by Crippen LogP contribution is -2.34. The number of H-pyrrole nitrogens is 1. The maximum absolute atomic E-state index is 12.6. The highest BCUT2D eigenvalue weighted by Crippen LogP contribution is 2.29. The predicted octanol–water partition coefficient (Wildman–Crippen LogP) is 2.88. The largest absolute Gasteiger partial charge is 0.349 e. The molecular formula is C22H22N4O2. The molecule has 4 rings (SSSR count). The van der Waals surface area contributed by atoms with E-state index in [0.29, 0.717) is 17.1 Å². The summed E-state index contributed by atoms with van der Waals surface area (Å²) in [5.74, 6) is 0.298. The molecule has 0 saturated heterocycles. The van der Waals surface area contributed by atoms with E-state index < -0.39 is 0 Å². The van der Waals surface area contributed by atoms with Crippen molar-refractivity contribution in [2.45, 2.75) is 38.6 Å². The van der Waals surface area contributed by atoms with Crippen LogP contribution in [0.2, 0.25) is 0 Å². The quantitative estimate of drug-likeness (QED) is 0.735. The molecule has 1 amide bonds. The normalized spacial score (nSPS) is 15.7. The molecule has 0 aliphatic heterocycles. The molecule has 1 aliphatic carbocycles. The van der Waals surface area contributed by atoms with E-state index in [0.717, 1.165) is 24.8 Å². The van der Waals surface area contributed by atoms with Crippen molar-refractivity contribution in [2.24, 2.45) is 0 Å². The van der Waals surface area contributed by atoms with Gasteiger partial charge in [-0.25, -0.2) is 4.98 Å². The first-order valence-electron chi connectivity index (χ1n) is 9.49. The highest BCUT2D eigenvalue weighted by molar-refractivity contribution is 5.79. The summed E-state index contributed by atoms with van der Waals surface area (Å²) in [6, 6.07) is 11.8. The molecule has 0 fully saturated rings. The van der Waals surface area contributed by atoms with Gasteiger partial charge in [0.2, 0.25) is 5.91 Å². The Morgan fingerprint density at radius 3 is 2.89 bits per heavy atom. The first kappa shape index (κ1) is 18.1. The third-order valence-electron chi connectivity index (χ3n) is 5.20. The Balaban J connectivity index is 1.52. The van der Waals surface area contributed by atoms with Crippen molar-refractivity contribution >= 4 is 5.91 Å². The van der Waals surface area contributed by atoms with Crippen LogP contribution in [0.4, 0.5) is 0 Å². The summed E-state index contributed by atoms with van der Waals surface area (Å²) >= 11 is 0. The average Bonchev–Trinajstić information content (AvgIpc) is 2.71. The maximum Gasteiger partial charge on any atom is 0.255 e. The van der Waals surface area contributed by atoms with Gasteiger partial charge in [-0.15, -0.1) is 0 Å². The topological polar surface area (TPSA) is 87.7 Å². The molecule has 28 heavy (non-hydrogen) atoms. The zero-order valence-corrected chi connectivity index (χ0v) is 15.7. The monoisotopic (exact) mass is 374 g/mol. The Labute approximate surface area is 163 Å². The molecule has 1 unspecified atom stereocenters. The smallest absolute Gasteiger partial charge is 0.255 e. The second-order valence-electron chi connectivity index (χ2n) is 7.11. The lowest BCUT2D eigenvalue weighted by Gasteiger charge is -2.26. The van der Waals surface area contributed by atoms with Crippen LogP contribution in [0.5, 0.6) is 0 Å². The molecule has 1 atom stereocenters. The van der Waals surface area contributed by atoms with E-state index in [1.54, 1.807) is 25.4 Å². The molecule has 0 saturated carbocycles. The Kier molecular flexibility index (Phi) is 5.02. The van der Waals surface area contributed by atoms with Crippen LogP contribution in [0.3, 0.4) is 0 Å². The van der Waals surface area contributed by atoms with Crippen molar-refractivity contribution < 1.29 is 4.79 Å². The van der Waals surface area contributed by atoms with Gasteiger partial charge in [0, 0.05) is 29.2 Å². The molecule has 1 aliphatic rings. The van der Waals surface area contributed by atoms with E-state index >= 15 is 0 Å². The molecule has 3 aromatic rings. The van der Waals surface area contributed by atoms with Crippen molar-refractivity contribution in [1.29, 1.82) is 0 Å². The zero-order chi connectivity index (χ0) is 19.5. The highest BCUT2D eigenvalue weighted by Gasteiger charge is 2.22. The van der Waals surface area contributed by atoms with Crippen LogP contribution in [0.1, 0.15) is 41.3 Å². The fourth-order valence-electron chi connectivity index (χ4n) is 3.77. The van der Waals surface area contributed by atoms with Crippen molar-refractivity contribution in [2.75, 3.05) is 0 Å². The van der Waals surface area contributed by atoms with E-state index in [1.165, 1.54) is 11.1 Å². The SMILES string of the molecule is Cc1nc(-c2cccnc2)[nH]c(=O)c1CC(=O)NC1CCCc2ccccc21. The summed E-state index contributed by atoms with van der Waals surface area (Å²) in [6.07, 6.45) is 6.32. The molecular weight excluding hydrogens is 352 g/mol. The number of fused-ring (bicyclic) bond motifs is 1. The average molecular weight is 374 g/mol. The molecule has 0 bridgehead atoms. The number of aryl methyl sites for hydroxylation is 2. The van der Waals surface area contributed by atoms with Gasteiger partial charge in [-0.05, 0) is 49.4 Å². The minimum Gasteiger partial charge on any atom is -0.349 e. The number of nitrogens with zero attached hydrogens (tertiary/aromatic N) is 2. The zero-order valence-electron chi connectivity index (χ0n) is 15.7. The number of hydrogen-bond acceptors (Lipinski definition) is 4. The lowest BCUT2D eigenvalue weighted by atomic mass is 9.87. The minimum atomic E-state index is -0.287. The maximum atomic E-state index is 12.6. The van der Waals surface area contributed by atoms with Crippen LogP contribution in [0, 0.1) is 6.92 Å².